The maximum atomic E-state index is 10.9. The van der Waals surface area contributed by atoms with E-state index in [1.165, 1.54) is 24.5 Å². The van der Waals surface area contributed by atoms with Crippen molar-refractivity contribution in [1.29, 1.82) is 0 Å². The van der Waals surface area contributed by atoms with Gasteiger partial charge in [0, 0.05) is 38.3 Å². The number of anilines is 2. The number of hydrogen-bond donors (Lipinski definition) is 0. The van der Waals surface area contributed by atoms with Gasteiger partial charge in [-0.15, -0.1) is 0 Å². The minimum Gasteiger partial charge on any atom is -0.378 e. The van der Waals surface area contributed by atoms with Crippen LogP contribution in [0.3, 0.4) is 0 Å². The van der Waals surface area contributed by atoms with Crippen molar-refractivity contribution < 1.29 is 24.1 Å². The highest BCUT2D eigenvalue weighted by Gasteiger charge is 2.14. The van der Waals surface area contributed by atoms with Gasteiger partial charge < -0.3 is 24.0 Å². The fourth-order valence-electron chi connectivity index (χ4n) is 3.15. The summed E-state index contributed by atoms with van der Waals surface area (Å²) in [6, 6.07) is 6.06. The number of ether oxygens (including phenoxy) is 3. The van der Waals surface area contributed by atoms with Crippen LogP contribution in [0.2, 0.25) is 0 Å². The quantitative estimate of drug-likeness (QED) is 0.483. The average molecular weight is 462 g/mol. The van der Waals surface area contributed by atoms with Gasteiger partial charge in [-0.2, -0.15) is 0 Å². The lowest BCUT2D eigenvalue weighted by Gasteiger charge is -2.24. The molecule has 0 atom stereocenters. The Balaban J connectivity index is 1.61. The minimum atomic E-state index is -0.486. The Labute approximate surface area is 190 Å². The maximum Gasteiger partial charge on any atom is 0.287 e. The summed E-state index contributed by atoms with van der Waals surface area (Å²) >= 11 is 0. The van der Waals surface area contributed by atoms with Crippen LogP contribution in [-0.4, -0.2) is 85.6 Å². The zero-order chi connectivity index (χ0) is 23.5. The van der Waals surface area contributed by atoms with Gasteiger partial charge in [-0.25, -0.2) is 9.97 Å². The van der Waals surface area contributed by atoms with Gasteiger partial charge >= 0.3 is 0 Å². The Bertz CT molecular complexity index is 823. The van der Waals surface area contributed by atoms with Gasteiger partial charge in [0.05, 0.1) is 49.5 Å². The van der Waals surface area contributed by atoms with Crippen molar-refractivity contribution in [2.45, 2.75) is 0 Å². The SMILES string of the molecule is O=[N+]([O-])c1ccc(N2CCOCCOCCN(c3ccc([N+](=O)[O-])cn3)CCOCC2)nc1. The topological polar surface area (TPSA) is 146 Å². The molecule has 13 nitrogen and oxygen atoms in total. The molecule has 0 radical (unpaired) electrons. The summed E-state index contributed by atoms with van der Waals surface area (Å²) in [5.41, 5.74) is -0.136. The smallest absolute Gasteiger partial charge is 0.287 e. The molecule has 1 aliphatic heterocycles. The fraction of sp³-hybridized carbons (Fsp3) is 0.500. The number of pyridine rings is 2. The number of hydrogen-bond acceptors (Lipinski definition) is 11. The van der Waals surface area contributed by atoms with E-state index in [4.69, 9.17) is 14.2 Å². The highest BCUT2D eigenvalue weighted by Crippen LogP contribution is 2.17. The molecule has 0 saturated carbocycles. The van der Waals surface area contributed by atoms with Crippen LogP contribution in [0.1, 0.15) is 0 Å². The van der Waals surface area contributed by atoms with Crippen LogP contribution < -0.4 is 9.80 Å². The van der Waals surface area contributed by atoms with Crippen molar-refractivity contribution in [3.8, 4) is 0 Å². The third-order valence-corrected chi connectivity index (χ3v) is 4.93. The molecule has 1 fully saturated rings. The molecular formula is C20H26N6O7. The first kappa shape index (κ1) is 24.2. The molecule has 0 bridgehead atoms. The molecule has 178 valence electrons. The molecule has 0 aromatic carbocycles. The van der Waals surface area contributed by atoms with E-state index in [1.807, 2.05) is 9.80 Å². The Kier molecular flexibility index (Phi) is 9.23. The van der Waals surface area contributed by atoms with Gasteiger partial charge in [-0.3, -0.25) is 20.2 Å². The van der Waals surface area contributed by atoms with E-state index in [0.717, 1.165) is 0 Å². The second-order valence-electron chi connectivity index (χ2n) is 7.07. The molecule has 1 saturated heterocycles. The molecule has 3 rings (SSSR count). The van der Waals surface area contributed by atoms with Gasteiger partial charge in [0.25, 0.3) is 11.4 Å². The number of rotatable bonds is 4. The molecule has 33 heavy (non-hydrogen) atoms. The normalized spacial score (nSPS) is 17.1. The third kappa shape index (κ3) is 7.59. The van der Waals surface area contributed by atoms with Gasteiger partial charge in [0.15, 0.2) is 0 Å². The van der Waals surface area contributed by atoms with E-state index in [1.54, 1.807) is 12.1 Å². The summed E-state index contributed by atoms with van der Waals surface area (Å²) in [4.78, 5) is 33.0. The van der Waals surface area contributed by atoms with Crippen LogP contribution in [0.5, 0.6) is 0 Å². The lowest BCUT2D eigenvalue weighted by atomic mass is 10.3. The monoisotopic (exact) mass is 462 g/mol. The van der Waals surface area contributed by atoms with Gasteiger partial charge in [0.1, 0.15) is 24.0 Å². The molecule has 0 aliphatic carbocycles. The molecule has 0 spiro atoms. The Hall–Kier alpha value is -3.42. The second-order valence-corrected chi connectivity index (χ2v) is 7.07. The van der Waals surface area contributed by atoms with Crippen molar-refractivity contribution >= 4 is 23.0 Å². The fourth-order valence-corrected chi connectivity index (χ4v) is 3.15. The molecule has 2 aromatic rings. The number of nitro groups is 2. The highest BCUT2D eigenvalue weighted by atomic mass is 16.6. The minimum absolute atomic E-state index is 0.0679. The van der Waals surface area contributed by atoms with Crippen LogP contribution in [-0.2, 0) is 14.2 Å². The summed E-state index contributed by atoms with van der Waals surface area (Å²) in [6.07, 6.45) is 2.46. The van der Waals surface area contributed by atoms with Crippen molar-refractivity contribution in [3.05, 3.63) is 56.9 Å². The molecule has 13 heteroatoms. The zero-order valence-corrected chi connectivity index (χ0v) is 18.1. The Morgan fingerprint density at radius 1 is 0.636 bits per heavy atom. The number of nitrogens with zero attached hydrogens (tertiary/aromatic N) is 6. The zero-order valence-electron chi connectivity index (χ0n) is 18.1. The maximum absolute atomic E-state index is 10.9. The summed E-state index contributed by atoms with van der Waals surface area (Å²) in [6.45, 7) is 4.72. The third-order valence-electron chi connectivity index (χ3n) is 4.93. The van der Waals surface area contributed by atoms with Crippen LogP contribution >= 0.6 is 0 Å². The Morgan fingerprint density at radius 2 is 1.00 bits per heavy atom. The summed E-state index contributed by atoms with van der Waals surface area (Å²) < 4.78 is 17.1. The highest BCUT2D eigenvalue weighted by molar-refractivity contribution is 5.43. The standard InChI is InChI=1S/C20H26N6O7/c27-25(28)17-1-3-19(21-15-17)23-5-9-31-10-6-24(8-12-33-14-13-32-11-7-23)20-4-2-18(16-22-20)26(29)30/h1-4,15-16H,5-14H2. The van der Waals surface area contributed by atoms with Crippen molar-refractivity contribution in [1.82, 2.24) is 9.97 Å². The van der Waals surface area contributed by atoms with E-state index >= 15 is 0 Å². The summed E-state index contributed by atoms with van der Waals surface area (Å²) in [7, 11) is 0. The van der Waals surface area contributed by atoms with E-state index in [9.17, 15) is 20.2 Å². The van der Waals surface area contributed by atoms with Gasteiger partial charge in [-0.05, 0) is 12.1 Å². The molecule has 1 aliphatic rings. The first-order chi connectivity index (χ1) is 16.0. The number of aromatic nitrogens is 2. The van der Waals surface area contributed by atoms with Crippen molar-refractivity contribution in [2.24, 2.45) is 0 Å². The summed E-state index contributed by atoms with van der Waals surface area (Å²) in [5.74, 6) is 1.20. The largest absolute Gasteiger partial charge is 0.378 e. The lowest BCUT2D eigenvalue weighted by Crippen LogP contribution is -2.33. The molecular weight excluding hydrogens is 436 g/mol. The predicted octanol–water partition coefficient (Wildman–Crippen LogP) is 1.67. The summed E-state index contributed by atoms with van der Waals surface area (Å²) in [5, 5.41) is 21.7. The van der Waals surface area contributed by atoms with Crippen LogP contribution in [0.4, 0.5) is 23.0 Å². The van der Waals surface area contributed by atoms with Gasteiger partial charge in [-0.1, -0.05) is 0 Å². The Morgan fingerprint density at radius 3 is 1.30 bits per heavy atom. The first-order valence-corrected chi connectivity index (χ1v) is 10.5. The van der Waals surface area contributed by atoms with Crippen LogP contribution in [0.25, 0.3) is 0 Å². The van der Waals surface area contributed by atoms with E-state index in [-0.39, 0.29) is 11.4 Å². The van der Waals surface area contributed by atoms with E-state index in [2.05, 4.69) is 9.97 Å². The molecule has 2 aromatic heterocycles. The lowest BCUT2D eigenvalue weighted by molar-refractivity contribution is -0.385. The molecule has 0 amide bonds. The van der Waals surface area contributed by atoms with E-state index < -0.39 is 9.85 Å². The van der Waals surface area contributed by atoms with Gasteiger partial charge in [0.2, 0.25) is 0 Å². The van der Waals surface area contributed by atoms with Crippen LogP contribution in [0.15, 0.2) is 36.7 Å². The molecule has 0 unspecified atom stereocenters. The van der Waals surface area contributed by atoms with Crippen LogP contribution in [0, 0.1) is 20.2 Å². The molecule has 3 heterocycles. The second kappa shape index (κ2) is 12.6. The first-order valence-electron chi connectivity index (χ1n) is 10.5. The molecule has 0 N–H and O–H groups in total. The van der Waals surface area contributed by atoms with Crippen molar-refractivity contribution in [3.63, 3.8) is 0 Å². The average Bonchev–Trinajstić information content (AvgIpc) is 2.83. The van der Waals surface area contributed by atoms with Crippen molar-refractivity contribution in [2.75, 3.05) is 75.6 Å². The predicted molar refractivity (Wildman–Crippen MR) is 119 cm³/mol. The van der Waals surface area contributed by atoms with E-state index in [0.29, 0.717) is 77.5 Å².